The molecule has 4 heteroatoms. The zero-order valence-corrected chi connectivity index (χ0v) is 17.0. The van der Waals surface area contributed by atoms with E-state index in [1.807, 2.05) is 32.0 Å². The fourth-order valence-corrected chi connectivity index (χ4v) is 5.54. The van der Waals surface area contributed by atoms with Gasteiger partial charge in [0, 0.05) is 12.2 Å². The summed E-state index contributed by atoms with van der Waals surface area (Å²) in [5.74, 6) is 2.03. The quantitative estimate of drug-likeness (QED) is 0.509. The van der Waals surface area contributed by atoms with Gasteiger partial charge in [0.15, 0.2) is 0 Å². The molecule has 0 N–H and O–H groups in total. The number of rotatable bonds is 5. The largest absolute Gasteiger partial charge is 0.462 e. The maximum Gasteiger partial charge on any atom is 0.339 e. The summed E-state index contributed by atoms with van der Waals surface area (Å²) in [6.45, 7) is 13.5. The molecule has 0 spiro atoms. The van der Waals surface area contributed by atoms with Gasteiger partial charge < -0.3 is 9.47 Å². The van der Waals surface area contributed by atoms with Crippen molar-refractivity contribution in [3.05, 3.63) is 52.6 Å². The lowest BCUT2D eigenvalue weighted by atomic mass is 9.95. The van der Waals surface area contributed by atoms with Crippen molar-refractivity contribution in [1.29, 1.82) is 0 Å². The van der Waals surface area contributed by atoms with Crippen LogP contribution in [0.25, 0.3) is 5.57 Å². The van der Waals surface area contributed by atoms with Crippen molar-refractivity contribution in [2.75, 3.05) is 13.2 Å². The highest BCUT2D eigenvalue weighted by molar-refractivity contribution is 7.68. The molecule has 2 unspecified atom stereocenters. The molecule has 0 radical (unpaired) electrons. The lowest BCUT2D eigenvalue weighted by Gasteiger charge is -2.38. The Morgan fingerprint density at radius 2 is 1.76 bits per heavy atom. The SMILES string of the molecule is CCOC(=O)C1=C(c2ccccc2)C(OCC)C(C)=CP1C(C)(C)C. The van der Waals surface area contributed by atoms with Crippen molar-refractivity contribution in [3.8, 4) is 0 Å². The van der Waals surface area contributed by atoms with Gasteiger partial charge in [-0.25, -0.2) is 4.79 Å². The van der Waals surface area contributed by atoms with Gasteiger partial charge in [-0.1, -0.05) is 56.9 Å². The van der Waals surface area contributed by atoms with Crippen LogP contribution in [0, 0.1) is 0 Å². The maximum absolute atomic E-state index is 12.9. The zero-order chi connectivity index (χ0) is 18.6. The molecule has 1 aliphatic rings. The van der Waals surface area contributed by atoms with Crippen molar-refractivity contribution in [3.63, 3.8) is 0 Å². The highest BCUT2D eigenvalue weighted by Gasteiger charge is 2.39. The van der Waals surface area contributed by atoms with Gasteiger partial charge in [-0.2, -0.15) is 0 Å². The number of carbonyl (C=O) groups excluding carboxylic acids is 1. The molecule has 0 aromatic heterocycles. The Morgan fingerprint density at radius 3 is 2.28 bits per heavy atom. The molecule has 2 atom stereocenters. The minimum atomic E-state index is -0.804. The van der Waals surface area contributed by atoms with E-state index < -0.39 is 7.92 Å². The van der Waals surface area contributed by atoms with Crippen molar-refractivity contribution in [1.82, 2.24) is 0 Å². The maximum atomic E-state index is 12.9. The number of benzene rings is 1. The van der Waals surface area contributed by atoms with E-state index in [0.29, 0.717) is 13.2 Å². The molecule has 0 saturated carbocycles. The van der Waals surface area contributed by atoms with E-state index in [-0.39, 0.29) is 17.2 Å². The van der Waals surface area contributed by atoms with Gasteiger partial charge in [0.05, 0.1) is 11.9 Å². The molecule has 0 bridgehead atoms. The molecular formula is C21H29O3P. The number of hydrogen-bond donors (Lipinski definition) is 0. The number of hydrogen-bond acceptors (Lipinski definition) is 3. The molecule has 0 saturated heterocycles. The van der Waals surface area contributed by atoms with E-state index in [0.717, 1.165) is 16.5 Å². The third kappa shape index (κ3) is 4.40. The standard InChI is InChI=1S/C21H29O3P/c1-7-23-18-15(3)14-25(21(4,5)6)19(20(22)24-8-2)17(18)16-12-10-9-11-13-16/h9-14,18H,7-8H2,1-6H3. The van der Waals surface area contributed by atoms with E-state index in [1.54, 1.807) is 0 Å². The molecule has 0 aliphatic carbocycles. The number of ether oxygens (including phenoxy) is 2. The Morgan fingerprint density at radius 1 is 1.12 bits per heavy atom. The second kappa shape index (κ2) is 8.29. The Labute approximate surface area is 152 Å². The molecule has 0 fully saturated rings. The summed E-state index contributed by atoms with van der Waals surface area (Å²) in [4.78, 5) is 12.9. The van der Waals surface area contributed by atoms with Crippen LogP contribution in [-0.2, 0) is 14.3 Å². The molecule has 1 aliphatic heterocycles. The van der Waals surface area contributed by atoms with Crippen LogP contribution in [0.4, 0.5) is 0 Å². The highest BCUT2D eigenvalue weighted by Crippen LogP contribution is 2.63. The first-order valence-corrected chi connectivity index (χ1v) is 10.3. The van der Waals surface area contributed by atoms with Crippen molar-refractivity contribution >= 4 is 19.5 Å². The zero-order valence-electron chi connectivity index (χ0n) is 16.1. The molecule has 25 heavy (non-hydrogen) atoms. The van der Waals surface area contributed by atoms with E-state index in [4.69, 9.17) is 9.47 Å². The van der Waals surface area contributed by atoms with Crippen LogP contribution in [0.15, 0.2) is 47.0 Å². The Bertz CT molecular complexity index is 668. The van der Waals surface area contributed by atoms with Gasteiger partial charge in [0.1, 0.15) is 6.10 Å². The second-order valence-corrected chi connectivity index (χ2v) is 9.89. The van der Waals surface area contributed by atoms with Gasteiger partial charge in [-0.15, -0.1) is 0 Å². The molecule has 3 nitrogen and oxygen atoms in total. The van der Waals surface area contributed by atoms with Gasteiger partial charge >= 0.3 is 5.97 Å². The second-order valence-electron chi connectivity index (χ2n) is 7.10. The van der Waals surface area contributed by atoms with E-state index in [2.05, 4.69) is 45.6 Å². The summed E-state index contributed by atoms with van der Waals surface area (Å²) < 4.78 is 11.5. The predicted octanol–water partition coefficient (Wildman–Crippen LogP) is 5.56. The van der Waals surface area contributed by atoms with Gasteiger partial charge in [-0.05, 0) is 45.0 Å². The smallest absolute Gasteiger partial charge is 0.339 e. The average molecular weight is 360 g/mol. The minimum absolute atomic E-state index is 0.0318. The summed E-state index contributed by atoms with van der Waals surface area (Å²) in [6, 6.07) is 10.1. The first-order chi connectivity index (χ1) is 11.8. The van der Waals surface area contributed by atoms with Crippen molar-refractivity contribution in [2.45, 2.75) is 52.8 Å². The first kappa shape index (κ1) is 19.9. The first-order valence-electron chi connectivity index (χ1n) is 8.87. The third-order valence-electron chi connectivity index (χ3n) is 4.11. The van der Waals surface area contributed by atoms with Crippen LogP contribution in [-0.4, -0.2) is 30.4 Å². The molecule has 2 rings (SSSR count). The summed E-state index contributed by atoms with van der Waals surface area (Å²) in [7, 11) is -0.804. The fourth-order valence-electron chi connectivity index (χ4n) is 3.04. The lowest BCUT2D eigenvalue weighted by molar-refractivity contribution is -0.137. The molecular weight excluding hydrogens is 331 g/mol. The normalized spacial score (nSPS) is 21.1. The minimum Gasteiger partial charge on any atom is -0.462 e. The molecule has 1 aromatic carbocycles. The van der Waals surface area contributed by atoms with E-state index in [9.17, 15) is 4.79 Å². The average Bonchev–Trinajstić information content (AvgIpc) is 2.56. The molecule has 136 valence electrons. The summed E-state index contributed by atoms with van der Waals surface area (Å²) in [6.07, 6.45) is -0.201. The number of carbonyl (C=O) groups is 1. The van der Waals surface area contributed by atoms with Crippen LogP contribution in [0.2, 0.25) is 0 Å². The van der Waals surface area contributed by atoms with Crippen molar-refractivity contribution in [2.24, 2.45) is 0 Å². The van der Waals surface area contributed by atoms with Gasteiger partial charge in [0.2, 0.25) is 0 Å². The summed E-state index contributed by atoms with van der Waals surface area (Å²) in [5, 5.41) is 0.759. The fraction of sp³-hybridized carbons (Fsp3) is 0.476. The van der Waals surface area contributed by atoms with Gasteiger partial charge in [-0.3, -0.25) is 0 Å². The molecule has 1 aromatic rings. The molecule has 1 heterocycles. The summed E-state index contributed by atoms with van der Waals surface area (Å²) in [5.41, 5.74) is 3.19. The lowest BCUT2D eigenvalue weighted by Crippen LogP contribution is -2.27. The Kier molecular flexibility index (Phi) is 6.59. The van der Waals surface area contributed by atoms with E-state index in [1.165, 1.54) is 5.57 Å². The Balaban J connectivity index is 2.73. The van der Waals surface area contributed by atoms with Crippen LogP contribution in [0.1, 0.15) is 47.1 Å². The van der Waals surface area contributed by atoms with Crippen LogP contribution < -0.4 is 0 Å². The van der Waals surface area contributed by atoms with Crippen LogP contribution in [0.3, 0.4) is 0 Å². The third-order valence-corrected chi connectivity index (χ3v) is 7.13. The highest BCUT2D eigenvalue weighted by atomic mass is 31.1. The number of esters is 1. The monoisotopic (exact) mass is 360 g/mol. The van der Waals surface area contributed by atoms with Crippen molar-refractivity contribution < 1.29 is 14.3 Å². The summed E-state index contributed by atoms with van der Waals surface area (Å²) >= 11 is 0. The van der Waals surface area contributed by atoms with Crippen LogP contribution >= 0.6 is 7.92 Å². The van der Waals surface area contributed by atoms with E-state index >= 15 is 0 Å². The topological polar surface area (TPSA) is 35.5 Å². The van der Waals surface area contributed by atoms with Crippen LogP contribution in [0.5, 0.6) is 0 Å². The molecule has 0 amide bonds. The van der Waals surface area contributed by atoms with Gasteiger partial charge in [0.25, 0.3) is 0 Å². The predicted molar refractivity (Wildman–Crippen MR) is 106 cm³/mol. The Hall–Kier alpha value is -1.44.